The number of aromatic nitrogens is 2. The molecule has 1 aromatic heterocycles. The van der Waals surface area contributed by atoms with Crippen molar-refractivity contribution in [2.75, 3.05) is 6.54 Å². The molecule has 0 amide bonds. The molecule has 0 aliphatic heterocycles. The molecule has 0 saturated carbocycles. The molecule has 3 nitrogen and oxygen atoms in total. The lowest BCUT2D eigenvalue weighted by molar-refractivity contribution is 0.512. The number of hydrogen-bond donors (Lipinski definition) is 1. The maximum atomic E-state index is 4.44. The first-order valence-electron chi connectivity index (χ1n) is 7.18. The summed E-state index contributed by atoms with van der Waals surface area (Å²) in [5, 5.41) is 8.09. The van der Waals surface area contributed by atoms with Gasteiger partial charge in [0.2, 0.25) is 0 Å². The number of hydrogen-bond acceptors (Lipinski definition) is 2. The fourth-order valence-corrected chi connectivity index (χ4v) is 3.80. The number of nitrogens with zero attached hydrogens (tertiary/aromatic N) is 2. The number of rotatable bonds is 6. The summed E-state index contributed by atoms with van der Waals surface area (Å²) in [7, 11) is 2.01. The molecule has 2 rings (SSSR count). The highest BCUT2D eigenvalue weighted by Gasteiger charge is 2.15. The minimum atomic E-state index is 0.286. The average molecular weight is 415 g/mol. The van der Waals surface area contributed by atoms with Crippen LogP contribution in [0.15, 0.2) is 33.2 Å². The van der Waals surface area contributed by atoms with Crippen molar-refractivity contribution in [2.45, 2.75) is 32.7 Å². The van der Waals surface area contributed by atoms with E-state index < -0.39 is 0 Å². The number of benzene rings is 1. The molecule has 0 bridgehead atoms. The molecule has 5 heteroatoms. The van der Waals surface area contributed by atoms with Crippen LogP contribution in [0.4, 0.5) is 0 Å². The Kier molecular flexibility index (Phi) is 6.02. The standard InChI is InChI=1S/C16H21Br2N3/c1-4-5-19-16(10-15-6-11(2)20-21(15)3)12-7-13(17)9-14(18)8-12/h6-9,16,19H,4-5,10H2,1-3H3. The van der Waals surface area contributed by atoms with Gasteiger partial charge in [0.25, 0.3) is 0 Å². The molecule has 1 N–H and O–H groups in total. The van der Waals surface area contributed by atoms with Crippen LogP contribution in [-0.4, -0.2) is 16.3 Å². The van der Waals surface area contributed by atoms with E-state index in [1.54, 1.807) is 0 Å². The Morgan fingerprint density at radius 3 is 2.38 bits per heavy atom. The van der Waals surface area contributed by atoms with E-state index in [4.69, 9.17) is 0 Å². The Morgan fingerprint density at radius 1 is 1.19 bits per heavy atom. The van der Waals surface area contributed by atoms with Crippen molar-refractivity contribution in [3.63, 3.8) is 0 Å². The molecule has 0 spiro atoms. The second kappa shape index (κ2) is 7.56. The van der Waals surface area contributed by atoms with Crippen LogP contribution in [0.5, 0.6) is 0 Å². The number of halogens is 2. The Hall–Kier alpha value is -0.650. The minimum Gasteiger partial charge on any atom is -0.310 e. The van der Waals surface area contributed by atoms with Crippen molar-refractivity contribution in [1.82, 2.24) is 15.1 Å². The minimum absolute atomic E-state index is 0.286. The van der Waals surface area contributed by atoms with Crippen molar-refractivity contribution < 1.29 is 0 Å². The first kappa shape index (κ1) is 16.7. The first-order chi connectivity index (χ1) is 9.99. The second-order valence-electron chi connectivity index (χ2n) is 5.31. The van der Waals surface area contributed by atoms with Gasteiger partial charge in [0.05, 0.1) is 5.69 Å². The van der Waals surface area contributed by atoms with E-state index in [1.807, 2.05) is 18.7 Å². The first-order valence-corrected chi connectivity index (χ1v) is 8.77. The molecule has 2 aromatic rings. The van der Waals surface area contributed by atoms with Crippen LogP contribution in [0.3, 0.4) is 0 Å². The molecule has 0 aliphatic carbocycles. The van der Waals surface area contributed by atoms with Crippen molar-refractivity contribution in [3.05, 3.63) is 50.2 Å². The van der Waals surface area contributed by atoms with Gasteiger partial charge >= 0.3 is 0 Å². The summed E-state index contributed by atoms with van der Waals surface area (Å²) in [6, 6.07) is 8.87. The molecule has 114 valence electrons. The van der Waals surface area contributed by atoms with Crippen molar-refractivity contribution in [2.24, 2.45) is 7.05 Å². The van der Waals surface area contributed by atoms with Crippen molar-refractivity contribution in [3.8, 4) is 0 Å². The maximum absolute atomic E-state index is 4.44. The molecule has 0 aliphatic rings. The SMILES string of the molecule is CCCNC(Cc1cc(C)nn1C)c1cc(Br)cc(Br)c1. The van der Waals surface area contributed by atoms with Gasteiger partial charge in [-0.1, -0.05) is 38.8 Å². The van der Waals surface area contributed by atoms with E-state index >= 15 is 0 Å². The van der Waals surface area contributed by atoms with Crippen LogP contribution in [-0.2, 0) is 13.5 Å². The Bertz CT molecular complexity index is 587. The monoisotopic (exact) mass is 413 g/mol. The lowest BCUT2D eigenvalue weighted by Gasteiger charge is -2.20. The third-order valence-corrected chi connectivity index (χ3v) is 4.36. The quantitative estimate of drug-likeness (QED) is 0.751. The molecule has 0 saturated heterocycles. The van der Waals surface area contributed by atoms with E-state index in [0.717, 1.165) is 34.0 Å². The van der Waals surface area contributed by atoms with E-state index in [9.17, 15) is 0 Å². The van der Waals surface area contributed by atoms with Crippen molar-refractivity contribution >= 4 is 31.9 Å². The highest BCUT2D eigenvalue weighted by molar-refractivity contribution is 9.11. The lowest BCUT2D eigenvalue weighted by atomic mass is 10.0. The highest BCUT2D eigenvalue weighted by atomic mass is 79.9. The predicted octanol–water partition coefficient (Wildman–Crippen LogP) is 4.54. The zero-order valence-electron chi connectivity index (χ0n) is 12.7. The summed E-state index contributed by atoms with van der Waals surface area (Å²) in [6.45, 7) is 5.23. The molecule has 1 heterocycles. The van der Waals surface area contributed by atoms with Gasteiger partial charge in [-0.2, -0.15) is 5.10 Å². The second-order valence-corrected chi connectivity index (χ2v) is 7.15. The third-order valence-electron chi connectivity index (χ3n) is 3.44. The van der Waals surface area contributed by atoms with Gasteiger partial charge in [-0.05, 0) is 49.7 Å². The summed E-state index contributed by atoms with van der Waals surface area (Å²) >= 11 is 7.16. The smallest absolute Gasteiger partial charge is 0.0596 e. The van der Waals surface area contributed by atoms with Gasteiger partial charge in [0.1, 0.15) is 0 Å². The number of nitrogens with one attached hydrogen (secondary N) is 1. The zero-order chi connectivity index (χ0) is 15.4. The van der Waals surface area contributed by atoms with Gasteiger partial charge in [-0.3, -0.25) is 4.68 Å². The van der Waals surface area contributed by atoms with Crippen LogP contribution in [0.2, 0.25) is 0 Å². The van der Waals surface area contributed by atoms with Crippen LogP contribution in [0, 0.1) is 6.92 Å². The topological polar surface area (TPSA) is 29.9 Å². The third kappa shape index (κ3) is 4.66. The van der Waals surface area contributed by atoms with Crippen LogP contribution in [0.1, 0.15) is 36.3 Å². The zero-order valence-corrected chi connectivity index (χ0v) is 15.8. The van der Waals surface area contributed by atoms with Gasteiger partial charge in [-0.25, -0.2) is 0 Å². The van der Waals surface area contributed by atoms with Gasteiger partial charge in [0, 0.05) is 34.1 Å². The summed E-state index contributed by atoms with van der Waals surface area (Å²) in [6.07, 6.45) is 2.05. The number of aryl methyl sites for hydroxylation is 2. The van der Waals surface area contributed by atoms with Gasteiger partial charge in [-0.15, -0.1) is 0 Å². The Morgan fingerprint density at radius 2 is 1.86 bits per heavy atom. The Balaban J connectivity index is 2.27. The summed E-state index contributed by atoms with van der Waals surface area (Å²) < 4.78 is 4.16. The van der Waals surface area contributed by atoms with Crippen LogP contribution >= 0.6 is 31.9 Å². The molecule has 1 atom stereocenters. The predicted molar refractivity (Wildman–Crippen MR) is 94.5 cm³/mol. The molecular formula is C16H21Br2N3. The molecule has 0 radical (unpaired) electrons. The Labute approximate surface area is 143 Å². The maximum Gasteiger partial charge on any atom is 0.0596 e. The summed E-state index contributed by atoms with van der Waals surface area (Å²) in [4.78, 5) is 0. The average Bonchev–Trinajstić information content (AvgIpc) is 2.71. The van der Waals surface area contributed by atoms with E-state index in [1.165, 1.54) is 11.3 Å². The van der Waals surface area contributed by atoms with E-state index in [2.05, 4.69) is 73.5 Å². The fraction of sp³-hybridized carbons (Fsp3) is 0.438. The molecule has 0 fully saturated rings. The molecule has 1 unspecified atom stereocenters. The fourth-order valence-electron chi connectivity index (χ4n) is 2.47. The molecule has 1 aromatic carbocycles. The van der Waals surface area contributed by atoms with Crippen LogP contribution in [0.25, 0.3) is 0 Å². The summed E-state index contributed by atoms with van der Waals surface area (Å²) in [5.41, 5.74) is 3.60. The molecule has 21 heavy (non-hydrogen) atoms. The lowest BCUT2D eigenvalue weighted by Crippen LogP contribution is -2.25. The van der Waals surface area contributed by atoms with Crippen molar-refractivity contribution in [1.29, 1.82) is 0 Å². The highest BCUT2D eigenvalue weighted by Crippen LogP contribution is 2.26. The molecular weight excluding hydrogens is 394 g/mol. The van der Waals surface area contributed by atoms with Gasteiger partial charge < -0.3 is 5.32 Å². The van der Waals surface area contributed by atoms with Gasteiger partial charge in [0.15, 0.2) is 0 Å². The van der Waals surface area contributed by atoms with Crippen LogP contribution < -0.4 is 5.32 Å². The normalized spacial score (nSPS) is 12.6. The largest absolute Gasteiger partial charge is 0.310 e. The van der Waals surface area contributed by atoms with E-state index in [-0.39, 0.29) is 6.04 Å². The van der Waals surface area contributed by atoms with E-state index in [0.29, 0.717) is 0 Å². The summed E-state index contributed by atoms with van der Waals surface area (Å²) in [5.74, 6) is 0.